The van der Waals surface area contributed by atoms with E-state index in [1.165, 1.54) is 0 Å². The number of hydrogen-bond donors (Lipinski definition) is 2. The highest BCUT2D eigenvalue weighted by Crippen LogP contribution is 2.28. The summed E-state index contributed by atoms with van der Waals surface area (Å²) in [5.74, 6) is -0.682. The van der Waals surface area contributed by atoms with E-state index in [-0.39, 0.29) is 24.9 Å². The summed E-state index contributed by atoms with van der Waals surface area (Å²) in [7, 11) is 1.57. The molecule has 1 saturated heterocycles. The van der Waals surface area contributed by atoms with Crippen LogP contribution in [0.2, 0.25) is 5.02 Å². The summed E-state index contributed by atoms with van der Waals surface area (Å²) in [4.78, 5) is 25.3. The fourth-order valence-corrected chi connectivity index (χ4v) is 3.09. The number of piperidine rings is 1. The number of nitrogens with one attached hydrogen (secondary N) is 1. The minimum absolute atomic E-state index is 0.0399. The van der Waals surface area contributed by atoms with Crippen molar-refractivity contribution in [3.05, 3.63) is 23.2 Å². The van der Waals surface area contributed by atoms with Gasteiger partial charge in [-0.05, 0) is 38.0 Å². The number of aliphatic carboxylic acids is 1. The number of anilines is 1. The molecule has 2 N–H and O–H groups in total. The predicted molar refractivity (Wildman–Crippen MR) is 92.6 cm³/mol. The van der Waals surface area contributed by atoms with Crippen molar-refractivity contribution in [1.82, 2.24) is 4.90 Å². The molecule has 2 atom stereocenters. The maximum absolute atomic E-state index is 12.4. The molecule has 0 bridgehead atoms. The number of rotatable bonds is 6. The fourth-order valence-electron chi connectivity index (χ4n) is 2.92. The Bertz CT molecular complexity index is 608. The Hall–Kier alpha value is -1.95. The first-order valence-electron chi connectivity index (χ1n) is 8.02. The summed E-state index contributed by atoms with van der Waals surface area (Å²) < 4.78 is 5.25. The zero-order chi connectivity index (χ0) is 17.7. The summed E-state index contributed by atoms with van der Waals surface area (Å²) in [5, 5.41) is 12.9. The molecule has 132 valence electrons. The van der Waals surface area contributed by atoms with E-state index in [1.807, 2.05) is 6.92 Å². The molecule has 24 heavy (non-hydrogen) atoms. The zero-order valence-corrected chi connectivity index (χ0v) is 14.7. The van der Waals surface area contributed by atoms with E-state index < -0.39 is 11.9 Å². The van der Waals surface area contributed by atoms with Crippen molar-refractivity contribution >= 4 is 29.2 Å². The third-order valence-corrected chi connectivity index (χ3v) is 4.60. The van der Waals surface area contributed by atoms with Crippen LogP contribution in [0.3, 0.4) is 0 Å². The minimum Gasteiger partial charge on any atom is -0.495 e. The van der Waals surface area contributed by atoms with E-state index in [0.29, 0.717) is 23.7 Å². The third-order valence-electron chi connectivity index (χ3n) is 4.37. The van der Waals surface area contributed by atoms with E-state index in [9.17, 15) is 9.59 Å². The Kier molecular flexibility index (Phi) is 6.31. The molecule has 2 unspecified atom stereocenters. The van der Waals surface area contributed by atoms with Gasteiger partial charge in [0.2, 0.25) is 5.91 Å². The Morgan fingerprint density at radius 3 is 2.83 bits per heavy atom. The molecule has 0 aromatic heterocycles. The smallest absolute Gasteiger partial charge is 0.308 e. The van der Waals surface area contributed by atoms with Gasteiger partial charge >= 0.3 is 5.97 Å². The van der Waals surface area contributed by atoms with Gasteiger partial charge in [0.25, 0.3) is 0 Å². The number of carbonyl (C=O) groups excluding carboxylic acids is 1. The molecule has 1 heterocycles. The molecule has 1 aromatic carbocycles. The summed E-state index contributed by atoms with van der Waals surface area (Å²) in [6.45, 7) is 2.68. The van der Waals surface area contributed by atoms with Gasteiger partial charge in [-0.2, -0.15) is 0 Å². The van der Waals surface area contributed by atoms with Crippen molar-refractivity contribution in [2.75, 3.05) is 25.5 Å². The van der Waals surface area contributed by atoms with E-state index in [0.717, 1.165) is 12.1 Å². The summed E-state index contributed by atoms with van der Waals surface area (Å²) in [6, 6.07) is 5.32. The molecule has 1 aromatic rings. The molecule has 6 nitrogen and oxygen atoms in total. The quantitative estimate of drug-likeness (QED) is 0.821. The number of benzene rings is 1. The molecule has 0 spiro atoms. The number of hydrogen-bond acceptors (Lipinski definition) is 4. The first-order chi connectivity index (χ1) is 11.4. The van der Waals surface area contributed by atoms with Crippen LogP contribution in [0.1, 0.15) is 26.2 Å². The van der Waals surface area contributed by atoms with Crippen molar-refractivity contribution in [3.8, 4) is 5.75 Å². The van der Waals surface area contributed by atoms with Crippen LogP contribution in [0.5, 0.6) is 5.75 Å². The lowest BCUT2D eigenvalue weighted by molar-refractivity contribution is -0.147. The number of likely N-dealkylation sites (tertiary alicyclic amines) is 1. The predicted octanol–water partition coefficient (Wildman–Crippen LogP) is 2.86. The average Bonchev–Trinajstić information content (AvgIpc) is 2.55. The fraction of sp³-hybridized carbons (Fsp3) is 0.529. The number of methoxy groups -OCH3 is 1. The van der Waals surface area contributed by atoms with Crippen LogP contribution in [0.4, 0.5) is 5.69 Å². The van der Waals surface area contributed by atoms with Crippen LogP contribution < -0.4 is 10.1 Å². The Labute approximate surface area is 146 Å². The molecular formula is C17H23ClN2O4. The van der Waals surface area contributed by atoms with Crippen LogP contribution >= 0.6 is 11.6 Å². The molecule has 1 aliphatic rings. The van der Waals surface area contributed by atoms with Gasteiger partial charge < -0.3 is 20.1 Å². The van der Waals surface area contributed by atoms with Crippen LogP contribution in [-0.2, 0) is 9.59 Å². The number of ether oxygens (including phenoxy) is 1. The van der Waals surface area contributed by atoms with Crippen molar-refractivity contribution in [3.63, 3.8) is 0 Å². The standard InChI is InChI=1S/C17H23ClN2O4/c1-11-3-4-12(17(22)23)10-20(11)16(21)7-8-19-14-9-13(18)5-6-15(14)24-2/h5-6,9,11-12,19H,3-4,7-8,10H2,1-2H3,(H,22,23). The van der Waals surface area contributed by atoms with Gasteiger partial charge in [0.15, 0.2) is 0 Å². The number of halogens is 1. The van der Waals surface area contributed by atoms with Gasteiger partial charge in [-0.1, -0.05) is 11.6 Å². The third kappa shape index (κ3) is 4.54. The highest BCUT2D eigenvalue weighted by molar-refractivity contribution is 6.30. The van der Waals surface area contributed by atoms with Gasteiger partial charge in [0.1, 0.15) is 5.75 Å². The van der Waals surface area contributed by atoms with Gasteiger partial charge in [0.05, 0.1) is 18.7 Å². The Balaban J connectivity index is 1.91. The number of carboxylic acids is 1. The van der Waals surface area contributed by atoms with Crippen molar-refractivity contribution in [2.45, 2.75) is 32.2 Å². The maximum Gasteiger partial charge on any atom is 0.308 e. The molecule has 2 rings (SSSR count). The van der Waals surface area contributed by atoms with Gasteiger partial charge in [0, 0.05) is 30.6 Å². The lowest BCUT2D eigenvalue weighted by Gasteiger charge is -2.36. The van der Waals surface area contributed by atoms with Gasteiger partial charge in [-0.3, -0.25) is 9.59 Å². The molecule has 0 saturated carbocycles. The van der Waals surface area contributed by atoms with E-state index in [2.05, 4.69) is 5.32 Å². The Morgan fingerprint density at radius 2 is 2.17 bits per heavy atom. The topological polar surface area (TPSA) is 78.9 Å². The monoisotopic (exact) mass is 354 g/mol. The van der Waals surface area contributed by atoms with Crippen molar-refractivity contribution in [2.24, 2.45) is 5.92 Å². The van der Waals surface area contributed by atoms with Crippen molar-refractivity contribution < 1.29 is 19.4 Å². The summed E-state index contributed by atoms with van der Waals surface area (Å²) in [6.07, 6.45) is 1.63. The van der Waals surface area contributed by atoms with Crippen LogP contribution in [0.15, 0.2) is 18.2 Å². The molecule has 7 heteroatoms. The molecule has 1 fully saturated rings. The average molecular weight is 355 g/mol. The SMILES string of the molecule is COc1ccc(Cl)cc1NCCC(=O)N1CC(C(=O)O)CCC1C. The van der Waals surface area contributed by atoms with E-state index >= 15 is 0 Å². The van der Waals surface area contributed by atoms with Crippen LogP contribution in [0, 0.1) is 5.92 Å². The second kappa shape index (κ2) is 8.24. The van der Waals surface area contributed by atoms with Crippen LogP contribution in [0.25, 0.3) is 0 Å². The zero-order valence-electron chi connectivity index (χ0n) is 13.9. The molecule has 0 radical (unpaired) electrons. The lowest BCUT2D eigenvalue weighted by atomic mass is 9.93. The number of carbonyl (C=O) groups is 2. The molecule has 1 amide bonds. The van der Waals surface area contributed by atoms with E-state index in [1.54, 1.807) is 30.2 Å². The summed E-state index contributed by atoms with van der Waals surface area (Å²) in [5.41, 5.74) is 0.730. The van der Waals surface area contributed by atoms with Crippen LogP contribution in [-0.4, -0.2) is 48.1 Å². The highest BCUT2D eigenvalue weighted by atomic mass is 35.5. The first kappa shape index (κ1) is 18.4. The number of carboxylic acid groups (broad SMARTS) is 1. The molecule has 0 aliphatic carbocycles. The summed E-state index contributed by atoms with van der Waals surface area (Å²) >= 11 is 5.98. The second-order valence-corrected chi connectivity index (χ2v) is 6.47. The molecule has 1 aliphatic heterocycles. The van der Waals surface area contributed by atoms with Gasteiger partial charge in [-0.25, -0.2) is 0 Å². The van der Waals surface area contributed by atoms with E-state index in [4.69, 9.17) is 21.4 Å². The second-order valence-electron chi connectivity index (χ2n) is 6.03. The normalized spacial score (nSPS) is 20.5. The number of nitrogens with zero attached hydrogens (tertiary/aromatic N) is 1. The first-order valence-corrected chi connectivity index (χ1v) is 8.40. The van der Waals surface area contributed by atoms with Crippen molar-refractivity contribution in [1.29, 1.82) is 0 Å². The largest absolute Gasteiger partial charge is 0.495 e. The minimum atomic E-state index is -0.832. The van der Waals surface area contributed by atoms with Gasteiger partial charge in [-0.15, -0.1) is 0 Å². The number of amides is 1. The Morgan fingerprint density at radius 1 is 1.42 bits per heavy atom. The highest BCUT2D eigenvalue weighted by Gasteiger charge is 2.32. The lowest BCUT2D eigenvalue weighted by Crippen LogP contribution is -2.47. The maximum atomic E-state index is 12.4. The molecular weight excluding hydrogens is 332 g/mol.